The number of rotatable bonds is 2. The second kappa shape index (κ2) is 5.12. The highest BCUT2D eigenvalue weighted by molar-refractivity contribution is 5.62. The molecule has 0 fully saturated rings. The fraction of sp³-hybridized carbons (Fsp3) is 0.250. The first kappa shape index (κ1) is 12.9. The molecule has 1 aliphatic heterocycles. The highest BCUT2D eigenvalue weighted by atomic mass is 19.2. The van der Waals surface area contributed by atoms with Gasteiger partial charge < -0.3 is 10.6 Å². The number of nitrogens with two attached hydrogens (primary N) is 1. The Morgan fingerprint density at radius 3 is 2.70 bits per heavy atom. The van der Waals surface area contributed by atoms with Crippen LogP contribution in [0.25, 0.3) is 0 Å². The van der Waals surface area contributed by atoms with Crippen molar-refractivity contribution >= 4 is 11.4 Å². The molecule has 104 valence electrons. The van der Waals surface area contributed by atoms with E-state index in [9.17, 15) is 8.78 Å². The number of nitrogens with zero attached hydrogens (tertiary/aromatic N) is 1. The van der Waals surface area contributed by atoms with E-state index in [0.29, 0.717) is 6.54 Å². The smallest absolute Gasteiger partial charge is 0.159 e. The molecule has 0 saturated carbocycles. The molecule has 0 aromatic heterocycles. The van der Waals surface area contributed by atoms with Crippen molar-refractivity contribution in [3.05, 3.63) is 59.2 Å². The monoisotopic (exact) mass is 274 g/mol. The van der Waals surface area contributed by atoms with Gasteiger partial charge in [-0.15, -0.1) is 0 Å². The summed E-state index contributed by atoms with van der Waals surface area (Å²) in [5.41, 5.74) is 9.69. The minimum Gasteiger partial charge on any atom is -0.399 e. The third-order valence-corrected chi connectivity index (χ3v) is 3.68. The largest absolute Gasteiger partial charge is 0.399 e. The minimum absolute atomic E-state index is 0.563. The Kier molecular flexibility index (Phi) is 3.30. The molecule has 0 aliphatic carbocycles. The number of nitrogen functional groups attached to an aromatic ring is 1. The zero-order valence-electron chi connectivity index (χ0n) is 11.1. The van der Waals surface area contributed by atoms with Gasteiger partial charge in [0.2, 0.25) is 0 Å². The zero-order valence-corrected chi connectivity index (χ0v) is 11.1. The van der Waals surface area contributed by atoms with Crippen molar-refractivity contribution in [3.63, 3.8) is 0 Å². The van der Waals surface area contributed by atoms with Crippen LogP contribution in [0, 0.1) is 11.6 Å². The number of aryl methyl sites for hydroxylation is 1. The first-order valence-corrected chi connectivity index (χ1v) is 6.71. The normalized spacial score (nSPS) is 14.2. The van der Waals surface area contributed by atoms with Gasteiger partial charge in [0, 0.05) is 24.5 Å². The lowest BCUT2D eigenvalue weighted by Crippen LogP contribution is -2.29. The van der Waals surface area contributed by atoms with E-state index in [-0.39, 0.29) is 0 Å². The number of anilines is 2. The molecule has 0 atom stereocenters. The van der Waals surface area contributed by atoms with E-state index in [1.54, 1.807) is 6.07 Å². The van der Waals surface area contributed by atoms with Crippen LogP contribution >= 0.6 is 0 Å². The van der Waals surface area contributed by atoms with Crippen molar-refractivity contribution in [2.45, 2.75) is 19.4 Å². The maximum Gasteiger partial charge on any atom is 0.159 e. The van der Waals surface area contributed by atoms with E-state index in [1.807, 2.05) is 18.2 Å². The highest BCUT2D eigenvalue weighted by Crippen LogP contribution is 2.30. The van der Waals surface area contributed by atoms with Gasteiger partial charge in [-0.3, -0.25) is 0 Å². The van der Waals surface area contributed by atoms with E-state index < -0.39 is 11.6 Å². The second-order valence-corrected chi connectivity index (χ2v) is 5.16. The molecule has 4 heteroatoms. The van der Waals surface area contributed by atoms with Crippen molar-refractivity contribution < 1.29 is 8.78 Å². The van der Waals surface area contributed by atoms with Gasteiger partial charge in [-0.25, -0.2) is 8.78 Å². The van der Waals surface area contributed by atoms with Gasteiger partial charge >= 0.3 is 0 Å². The number of hydrogen-bond acceptors (Lipinski definition) is 2. The van der Waals surface area contributed by atoms with E-state index in [1.165, 1.54) is 17.7 Å². The van der Waals surface area contributed by atoms with Crippen LogP contribution < -0.4 is 10.6 Å². The van der Waals surface area contributed by atoms with Crippen LogP contribution in [0.5, 0.6) is 0 Å². The maximum absolute atomic E-state index is 13.3. The standard InChI is InChI=1S/C16H16F2N2/c17-14-6-3-11(8-15(14)18)10-20-7-1-2-12-4-5-13(19)9-16(12)20/h3-6,8-9H,1-2,7,10,19H2. The van der Waals surface area contributed by atoms with Crippen LogP contribution in [0.4, 0.5) is 20.2 Å². The summed E-state index contributed by atoms with van der Waals surface area (Å²) < 4.78 is 26.2. The number of halogens is 2. The van der Waals surface area contributed by atoms with Crippen LogP contribution in [0.1, 0.15) is 17.5 Å². The summed E-state index contributed by atoms with van der Waals surface area (Å²) in [6, 6.07) is 9.96. The Morgan fingerprint density at radius 1 is 1.05 bits per heavy atom. The molecular weight excluding hydrogens is 258 g/mol. The Bertz CT molecular complexity index is 640. The van der Waals surface area contributed by atoms with Gasteiger partial charge in [0.1, 0.15) is 0 Å². The lowest BCUT2D eigenvalue weighted by Gasteiger charge is -2.31. The van der Waals surface area contributed by atoms with E-state index in [0.717, 1.165) is 36.3 Å². The van der Waals surface area contributed by atoms with Crippen molar-refractivity contribution in [1.82, 2.24) is 0 Å². The molecule has 3 rings (SSSR count). The SMILES string of the molecule is Nc1ccc2c(c1)N(Cc1ccc(F)c(F)c1)CCC2. The zero-order chi connectivity index (χ0) is 14.1. The molecule has 0 bridgehead atoms. The minimum atomic E-state index is -0.808. The molecule has 1 aliphatic rings. The second-order valence-electron chi connectivity index (χ2n) is 5.16. The molecule has 1 heterocycles. The predicted octanol–water partition coefficient (Wildman–Crippen LogP) is 3.50. The van der Waals surface area contributed by atoms with Crippen molar-refractivity contribution in [3.8, 4) is 0 Å². The molecule has 0 spiro atoms. The van der Waals surface area contributed by atoms with Gasteiger partial charge in [-0.05, 0) is 48.2 Å². The molecule has 20 heavy (non-hydrogen) atoms. The lowest BCUT2D eigenvalue weighted by molar-refractivity contribution is 0.506. The first-order chi connectivity index (χ1) is 9.63. The number of hydrogen-bond donors (Lipinski definition) is 1. The van der Waals surface area contributed by atoms with E-state index in [2.05, 4.69) is 4.90 Å². The van der Waals surface area contributed by atoms with Crippen molar-refractivity contribution in [1.29, 1.82) is 0 Å². The Balaban J connectivity index is 1.89. The van der Waals surface area contributed by atoms with Gasteiger partial charge in [-0.1, -0.05) is 12.1 Å². The molecule has 2 aromatic carbocycles. The van der Waals surface area contributed by atoms with Gasteiger partial charge in [0.15, 0.2) is 11.6 Å². The maximum atomic E-state index is 13.3. The highest BCUT2D eigenvalue weighted by Gasteiger charge is 2.17. The van der Waals surface area contributed by atoms with Crippen molar-refractivity contribution in [2.75, 3.05) is 17.2 Å². The summed E-state index contributed by atoms with van der Waals surface area (Å²) in [6.45, 7) is 1.46. The molecule has 2 nitrogen and oxygen atoms in total. The Morgan fingerprint density at radius 2 is 1.90 bits per heavy atom. The first-order valence-electron chi connectivity index (χ1n) is 6.71. The lowest BCUT2D eigenvalue weighted by atomic mass is 10.0. The summed E-state index contributed by atoms with van der Waals surface area (Å²) in [7, 11) is 0. The van der Waals surface area contributed by atoms with Gasteiger partial charge in [0.25, 0.3) is 0 Å². The average molecular weight is 274 g/mol. The Hall–Kier alpha value is -2.10. The molecule has 0 radical (unpaired) electrons. The van der Waals surface area contributed by atoms with E-state index >= 15 is 0 Å². The topological polar surface area (TPSA) is 29.3 Å². The third kappa shape index (κ3) is 2.46. The van der Waals surface area contributed by atoms with Gasteiger partial charge in [0.05, 0.1) is 0 Å². The van der Waals surface area contributed by atoms with Crippen LogP contribution in [-0.2, 0) is 13.0 Å². The fourth-order valence-corrected chi connectivity index (χ4v) is 2.69. The summed E-state index contributed by atoms with van der Waals surface area (Å²) in [5.74, 6) is -1.61. The predicted molar refractivity (Wildman–Crippen MR) is 76.6 cm³/mol. The molecule has 0 amide bonds. The quantitative estimate of drug-likeness (QED) is 0.849. The number of fused-ring (bicyclic) bond motifs is 1. The number of benzene rings is 2. The fourth-order valence-electron chi connectivity index (χ4n) is 2.69. The molecule has 0 unspecified atom stereocenters. The van der Waals surface area contributed by atoms with Gasteiger partial charge in [-0.2, -0.15) is 0 Å². The van der Waals surface area contributed by atoms with E-state index in [4.69, 9.17) is 5.73 Å². The van der Waals surface area contributed by atoms with Crippen LogP contribution in [0.15, 0.2) is 36.4 Å². The molecular formula is C16H16F2N2. The third-order valence-electron chi connectivity index (χ3n) is 3.68. The molecule has 0 saturated heterocycles. The summed E-state index contributed by atoms with van der Waals surface area (Å²) in [4.78, 5) is 2.17. The van der Waals surface area contributed by atoms with Crippen LogP contribution in [0.3, 0.4) is 0 Å². The summed E-state index contributed by atoms with van der Waals surface area (Å²) in [6.07, 6.45) is 2.09. The van der Waals surface area contributed by atoms with Crippen molar-refractivity contribution in [2.24, 2.45) is 0 Å². The summed E-state index contributed by atoms with van der Waals surface area (Å²) in [5, 5.41) is 0. The van der Waals surface area contributed by atoms with Crippen LogP contribution in [-0.4, -0.2) is 6.54 Å². The average Bonchev–Trinajstić information content (AvgIpc) is 2.44. The summed E-state index contributed by atoms with van der Waals surface area (Å²) >= 11 is 0. The Labute approximate surface area is 116 Å². The molecule has 2 N–H and O–H groups in total. The van der Waals surface area contributed by atoms with Crippen LogP contribution in [0.2, 0.25) is 0 Å². The molecule has 2 aromatic rings.